The largest absolute Gasteiger partial charge is 0.335 e. The highest BCUT2D eigenvalue weighted by molar-refractivity contribution is 5.90. The summed E-state index contributed by atoms with van der Waals surface area (Å²) in [5.74, 6) is 0.820. The van der Waals surface area contributed by atoms with Gasteiger partial charge in [-0.05, 0) is 30.4 Å². The number of hydrogen-bond donors (Lipinski definition) is 2. The lowest BCUT2D eigenvalue weighted by Gasteiger charge is -2.19. The maximum absolute atomic E-state index is 11.9. The van der Waals surface area contributed by atoms with E-state index in [1.807, 2.05) is 31.2 Å². The van der Waals surface area contributed by atoms with E-state index < -0.39 is 0 Å². The number of urea groups is 1. The Hall–Kier alpha value is -1.51. The number of amides is 2. The van der Waals surface area contributed by atoms with Crippen molar-refractivity contribution in [2.75, 3.05) is 5.32 Å². The van der Waals surface area contributed by atoms with Crippen LogP contribution in [0.3, 0.4) is 0 Å². The molecule has 0 aliphatic carbocycles. The molecule has 0 aliphatic heterocycles. The number of benzene rings is 1. The van der Waals surface area contributed by atoms with Gasteiger partial charge in [0.15, 0.2) is 0 Å². The third-order valence-corrected chi connectivity index (χ3v) is 3.19. The van der Waals surface area contributed by atoms with Gasteiger partial charge in [0, 0.05) is 11.7 Å². The van der Waals surface area contributed by atoms with Gasteiger partial charge in [0.25, 0.3) is 0 Å². The van der Waals surface area contributed by atoms with Gasteiger partial charge in [0.1, 0.15) is 0 Å². The van der Waals surface area contributed by atoms with Crippen molar-refractivity contribution in [2.24, 2.45) is 5.92 Å². The van der Waals surface area contributed by atoms with Crippen molar-refractivity contribution in [3.63, 3.8) is 0 Å². The lowest BCUT2D eigenvalue weighted by Crippen LogP contribution is -2.39. The van der Waals surface area contributed by atoms with Gasteiger partial charge in [0.2, 0.25) is 0 Å². The highest BCUT2D eigenvalue weighted by Gasteiger charge is 2.12. The molecule has 2 amide bonds. The average molecular weight is 248 g/mol. The molecule has 0 spiro atoms. The second kappa shape index (κ2) is 6.43. The summed E-state index contributed by atoms with van der Waals surface area (Å²) in [4.78, 5) is 11.9. The normalized spacial score (nSPS) is 12.6. The molecular formula is C15H24N2O. The van der Waals surface area contributed by atoms with Gasteiger partial charge in [-0.25, -0.2) is 4.79 Å². The zero-order valence-corrected chi connectivity index (χ0v) is 11.9. The van der Waals surface area contributed by atoms with Crippen molar-refractivity contribution in [1.82, 2.24) is 5.32 Å². The van der Waals surface area contributed by atoms with Crippen LogP contribution >= 0.6 is 0 Å². The third-order valence-electron chi connectivity index (χ3n) is 3.19. The van der Waals surface area contributed by atoms with Crippen molar-refractivity contribution in [2.45, 2.75) is 46.6 Å². The molecule has 0 fully saturated rings. The molecule has 0 heterocycles. The fourth-order valence-electron chi connectivity index (χ4n) is 1.65. The topological polar surface area (TPSA) is 41.1 Å². The molecule has 1 unspecified atom stereocenters. The molecular weight excluding hydrogens is 224 g/mol. The maximum atomic E-state index is 11.9. The van der Waals surface area contributed by atoms with Crippen molar-refractivity contribution in [3.05, 3.63) is 29.8 Å². The Morgan fingerprint density at radius 2 is 1.67 bits per heavy atom. The van der Waals surface area contributed by atoms with Gasteiger partial charge in [-0.2, -0.15) is 0 Å². The quantitative estimate of drug-likeness (QED) is 0.831. The lowest BCUT2D eigenvalue weighted by molar-refractivity contribution is 0.246. The Balaban J connectivity index is 2.70. The Kier molecular flexibility index (Phi) is 5.20. The second-order valence-corrected chi connectivity index (χ2v) is 5.37. The number of anilines is 1. The number of rotatable bonds is 4. The molecule has 1 rings (SSSR count). The maximum Gasteiger partial charge on any atom is 0.319 e. The van der Waals surface area contributed by atoms with Crippen LogP contribution in [0.2, 0.25) is 0 Å². The predicted molar refractivity (Wildman–Crippen MR) is 77.0 cm³/mol. The van der Waals surface area contributed by atoms with Crippen LogP contribution in [-0.4, -0.2) is 12.1 Å². The van der Waals surface area contributed by atoms with Crippen molar-refractivity contribution >= 4 is 11.7 Å². The summed E-state index contributed by atoms with van der Waals surface area (Å²) in [5, 5.41) is 5.87. The van der Waals surface area contributed by atoms with Crippen LogP contribution in [0.1, 0.15) is 46.1 Å². The van der Waals surface area contributed by atoms with Gasteiger partial charge < -0.3 is 10.6 Å². The number of nitrogens with one attached hydrogen (secondary N) is 2. The van der Waals surface area contributed by atoms with Crippen molar-refractivity contribution in [1.29, 1.82) is 0 Å². The summed E-state index contributed by atoms with van der Waals surface area (Å²) in [5.41, 5.74) is 2.05. The van der Waals surface area contributed by atoms with E-state index in [-0.39, 0.29) is 12.1 Å². The summed E-state index contributed by atoms with van der Waals surface area (Å²) in [6, 6.07) is 7.95. The Bertz CT molecular complexity index is 399. The minimum atomic E-state index is -0.135. The second-order valence-electron chi connectivity index (χ2n) is 5.37. The molecule has 0 saturated carbocycles. The number of carbonyl (C=O) groups is 1. The molecule has 1 atom stereocenters. The summed E-state index contributed by atoms with van der Waals surface area (Å²) < 4.78 is 0. The molecule has 3 nitrogen and oxygen atoms in total. The van der Waals surface area contributed by atoms with Crippen LogP contribution in [-0.2, 0) is 0 Å². The van der Waals surface area contributed by atoms with E-state index in [1.54, 1.807) is 0 Å². The van der Waals surface area contributed by atoms with E-state index in [2.05, 4.69) is 38.3 Å². The first-order chi connectivity index (χ1) is 8.41. The molecule has 1 aromatic rings. The number of hydrogen-bond acceptors (Lipinski definition) is 1. The third kappa shape index (κ3) is 4.06. The van der Waals surface area contributed by atoms with Crippen LogP contribution in [0.5, 0.6) is 0 Å². The zero-order valence-electron chi connectivity index (χ0n) is 11.9. The standard InChI is InChI=1S/C15H24N2O/c1-10(2)12(5)16-15(18)17-14-9-7-6-8-13(14)11(3)4/h6-12H,1-5H3,(H2,16,17,18). The molecule has 1 aromatic carbocycles. The predicted octanol–water partition coefficient (Wildman–Crippen LogP) is 3.98. The summed E-state index contributed by atoms with van der Waals surface area (Å²) in [7, 11) is 0. The van der Waals surface area contributed by atoms with E-state index in [0.717, 1.165) is 11.3 Å². The molecule has 0 aromatic heterocycles. The Morgan fingerprint density at radius 1 is 1.06 bits per heavy atom. The van der Waals surface area contributed by atoms with E-state index >= 15 is 0 Å². The molecule has 18 heavy (non-hydrogen) atoms. The molecule has 0 aliphatic rings. The average Bonchev–Trinajstić information content (AvgIpc) is 2.28. The minimum Gasteiger partial charge on any atom is -0.335 e. The fraction of sp³-hybridized carbons (Fsp3) is 0.533. The van der Waals surface area contributed by atoms with Gasteiger partial charge in [-0.15, -0.1) is 0 Å². The molecule has 3 heteroatoms. The van der Waals surface area contributed by atoms with Gasteiger partial charge in [0.05, 0.1) is 0 Å². The lowest BCUT2D eigenvalue weighted by atomic mass is 10.0. The molecule has 2 N–H and O–H groups in total. The number of carbonyl (C=O) groups excluding carboxylic acids is 1. The van der Waals surface area contributed by atoms with E-state index in [4.69, 9.17) is 0 Å². The monoisotopic (exact) mass is 248 g/mol. The van der Waals surface area contributed by atoms with E-state index in [1.165, 1.54) is 0 Å². The van der Waals surface area contributed by atoms with Crippen LogP contribution in [0.15, 0.2) is 24.3 Å². The minimum absolute atomic E-state index is 0.135. The smallest absolute Gasteiger partial charge is 0.319 e. The molecule has 100 valence electrons. The number of para-hydroxylation sites is 1. The fourth-order valence-corrected chi connectivity index (χ4v) is 1.65. The molecule has 0 bridgehead atoms. The summed E-state index contributed by atoms with van der Waals surface area (Å²) >= 11 is 0. The van der Waals surface area contributed by atoms with Crippen LogP contribution < -0.4 is 10.6 Å². The van der Waals surface area contributed by atoms with Crippen LogP contribution in [0.4, 0.5) is 10.5 Å². The van der Waals surface area contributed by atoms with Crippen molar-refractivity contribution in [3.8, 4) is 0 Å². The highest BCUT2D eigenvalue weighted by atomic mass is 16.2. The zero-order chi connectivity index (χ0) is 13.7. The summed E-state index contributed by atoms with van der Waals surface area (Å²) in [6.45, 7) is 10.4. The first-order valence-electron chi connectivity index (χ1n) is 6.58. The van der Waals surface area contributed by atoms with Crippen LogP contribution in [0.25, 0.3) is 0 Å². The van der Waals surface area contributed by atoms with Gasteiger partial charge in [-0.1, -0.05) is 45.9 Å². The molecule has 0 radical (unpaired) electrons. The van der Waals surface area contributed by atoms with Gasteiger partial charge in [-0.3, -0.25) is 0 Å². The Labute approximate surface area is 110 Å². The van der Waals surface area contributed by atoms with E-state index in [9.17, 15) is 4.79 Å². The highest BCUT2D eigenvalue weighted by Crippen LogP contribution is 2.23. The Morgan fingerprint density at radius 3 is 2.22 bits per heavy atom. The van der Waals surface area contributed by atoms with Crippen LogP contribution in [0, 0.1) is 5.92 Å². The molecule has 0 saturated heterocycles. The van der Waals surface area contributed by atoms with Gasteiger partial charge >= 0.3 is 6.03 Å². The van der Waals surface area contributed by atoms with Crippen molar-refractivity contribution < 1.29 is 4.79 Å². The van der Waals surface area contributed by atoms with E-state index in [0.29, 0.717) is 11.8 Å². The first kappa shape index (κ1) is 14.6. The SMILES string of the molecule is CC(C)c1ccccc1NC(=O)NC(C)C(C)C. The summed E-state index contributed by atoms with van der Waals surface area (Å²) in [6.07, 6.45) is 0. The first-order valence-corrected chi connectivity index (χ1v) is 6.58.